The molecule has 5 rings (SSSR count). The van der Waals surface area contributed by atoms with E-state index in [1.54, 1.807) is 29.1 Å². The van der Waals surface area contributed by atoms with Crippen molar-refractivity contribution in [2.45, 2.75) is 25.3 Å². The van der Waals surface area contributed by atoms with E-state index in [2.05, 4.69) is 16.4 Å². The number of rotatable bonds is 5. The number of fused-ring (bicyclic) bond motifs is 1. The first-order valence-corrected chi connectivity index (χ1v) is 9.92. The van der Waals surface area contributed by atoms with E-state index >= 15 is 0 Å². The van der Waals surface area contributed by atoms with E-state index in [9.17, 15) is 4.79 Å². The van der Waals surface area contributed by atoms with Crippen LogP contribution in [-0.2, 0) is 6.54 Å². The molecule has 0 aliphatic heterocycles. The smallest absolute Gasteiger partial charge is 0.261 e. The van der Waals surface area contributed by atoms with Crippen LogP contribution in [0.4, 0.5) is 11.4 Å². The summed E-state index contributed by atoms with van der Waals surface area (Å²) in [7, 11) is 0. The van der Waals surface area contributed by atoms with Gasteiger partial charge in [0, 0.05) is 29.7 Å². The molecule has 0 amide bonds. The summed E-state index contributed by atoms with van der Waals surface area (Å²) in [6, 6.07) is 18.8. The molecule has 2 heterocycles. The molecule has 1 fully saturated rings. The van der Waals surface area contributed by atoms with Gasteiger partial charge in [-0.3, -0.25) is 14.3 Å². The molecule has 0 unspecified atom stereocenters. The number of aromatic nitrogens is 3. The summed E-state index contributed by atoms with van der Waals surface area (Å²) >= 11 is 0. The molecule has 0 saturated heterocycles. The van der Waals surface area contributed by atoms with Gasteiger partial charge in [-0.25, -0.2) is 4.98 Å². The Morgan fingerprint density at radius 1 is 1.10 bits per heavy atom. The number of pyridine rings is 1. The molecular formula is C24H19N5O. The highest BCUT2D eigenvalue weighted by molar-refractivity contribution is 5.83. The van der Waals surface area contributed by atoms with Crippen molar-refractivity contribution < 1.29 is 0 Å². The van der Waals surface area contributed by atoms with Gasteiger partial charge in [0.15, 0.2) is 0 Å². The zero-order valence-corrected chi connectivity index (χ0v) is 16.2. The number of nitriles is 1. The molecule has 146 valence electrons. The molecule has 1 N–H and O–H groups in total. The summed E-state index contributed by atoms with van der Waals surface area (Å²) in [5, 5.41) is 12.8. The summed E-state index contributed by atoms with van der Waals surface area (Å²) < 4.78 is 1.79. The summed E-state index contributed by atoms with van der Waals surface area (Å²) in [5.41, 5.74) is 3.93. The maximum Gasteiger partial charge on any atom is 0.261 e. The molecular weight excluding hydrogens is 374 g/mol. The monoisotopic (exact) mass is 393 g/mol. The van der Waals surface area contributed by atoms with Gasteiger partial charge in [0.2, 0.25) is 0 Å². The summed E-state index contributed by atoms with van der Waals surface area (Å²) in [6.45, 7) is 0.467. The fourth-order valence-electron chi connectivity index (χ4n) is 3.59. The molecule has 4 aromatic rings. The molecule has 0 atom stereocenters. The van der Waals surface area contributed by atoms with Crippen LogP contribution in [0, 0.1) is 11.3 Å². The van der Waals surface area contributed by atoms with Gasteiger partial charge < -0.3 is 5.32 Å². The van der Waals surface area contributed by atoms with E-state index in [0.717, 1.165) is 41.1 Å². The van der Waals surface area contributed by atoms with Crippen LogP contribution in [-0.4, -0.2) is 14.5 Å². The number of benzene rings is 2. The molecule has 6 heteroatoms. The van der Waals surface area contributed by atoms with Crippen LogP contribution in [0.2, 0.25) is 0 Å². The molecule has 1 aliphatic carbocycles. The van der Waals surface area contributed by atoms with Gasteiger partial charge in [-0.1, -0.05) is 6.07 Å². The van der Waals surface area contributed by atoms with Crippen LogP contribution in [0.1, 0.15) is 35.7 Å². The minimum absolute atomic E-state index is 0.0331. The van der Waals surface area contributed by atoms with E-state index < -0.39 is 0 Å². The van der Waals surface area contributed by atoms with Crippen LogP contribution in [0.3, 0.4) is 0 Å². The van der Waals surface area contributed by atoms with Crippen molar-refractivity contribution in [1.29, 1.82) is 5.26 Å². The second kappa shape index (κ2) is 7.45. The van der Waals surface area contributed by atoms with E-state index in [4.69, 9.17) is 10.2 Å². The van der Waals surface area contributed by atoms with Crippen LogP contribution in [0.15, 0.2) is 71.8 Å². The first-order valence-electron chi connectivity index (χ1n) is 9.92. The first kappa shape index (κ1) is 18.1. The number of nitrogens with one attached hydrogen (secondary N) is 1. The number of hydrogen-bond acceptors (Lipinski definition) is 5. The van der Waals surface area contributed by atoms with Crippen molar-refractivity contribution in [1.82, 2.24) is 14.5 Å². The van der Waals surface area contributed by atoms with Gasteiger partial charge in [-0.2, -0.15) is 5.26 Å². The Labute approximate surface area is 173 Å². The van der Waals surface area contributed by atoms with E-state index in [1.807, 2.05) is 42.5 Å². The highest BCUT2D eigenvalue weighted by Gasteiger charge is 2.29. The molecule has 30 heavy (non-hydrogen) atoms. The lowest BCUT2D eigenvalue weighted by atomic mass is 10.1. The maximum atomic E-state index is 13.4. The van der Waals surface area contributed by atoms with E-state index in [-0.39, 0.29) is 5.56 Å². The lowest BCUT2D eigenvalue weighted by molar-refractivity contribution is 0.679. The van der Waals surface area contributed by atoms with Gasteiger partial charge in [0.25, 0.3) is 5.56 Å². The topological polar surface area (TPSA) is 83.6 Å². The predicted octanol–water partition coefficient (Wildman–Crippen LogP) is 4.33. The van der Waals surface area contributed by atoms with E-state index in [1.165, 1.54) is 0 Å². The predicted molar refractivity (Wildman–Crippen MR) is 116 cm³/mol. The van der Waals surface area contributed by atoms with Crippen molar-refractivity contribution in [3.63, 3.8) is 0 Å². The normalized spacial score (nSPS) is 13.2. The lowest BCUT2D eigenvalue weighted by Gasteiger charge is -2.14. The number of nitrogens with zero attached hydrogens (tertiary/aromatic N) is 4. The largest absolute Gasteiger partial charge is 0.356 e. The average Bonchev–Trinajstić information content (AvgIpc) is 3.62. The van der Waals surface area contributed by atoms with Gasteiger partial charge in [0.1, 0.15) is 5.82 Å². The summed E-state index contributed by atoms with van der Waals surface area (Å²) in [4.78, 5) is 22.4. The van der Waals surface area contributed by atoms with Crippen molar-refractivity contribution in [2.75, 3.05) is 5.32 Å². The quantitative estimate of drug-likeness (QED) is 0.545. The fraction of sp³-hybridized carbons (Fsp3) is 0.167. The second-order valence-corrected chi connectivity index (χ2v) is 7.54. The van der Waals surface area contributed by atoms with Crippen molar-refractivity contribution >= 4 is 22.3 Å². The molecule has 0 radical (unpaired) electrons. The number of anilines is 2. The second-order valence-electron chi connectivity index (χ2n) is 7.54. The third-order valence-corrected chi connectivity index (χ3v) is 5.29. The Balaban J connectivity index is 1.55. The van der Waals surface area contributed by atoms with Crippen molar-refractivity contribution in [3.05, 3.63) is 94.3 Å². The van der Waals surface area contributed by atoms with E-state index in [0.29, 0.717) is 23.4 Å². The highest BCUT2D eigenvalue weighted by atomic mass is 16.1. The Morgan fingerprint density at radius 2 is 1.90 bits per heavy atom. The highest BCUT2D eigenvalue weighted by Crippen LogP contribution is 2.39. The van der Waals surface area contributed by atoms with Gasteiger partial charge in [-0.15, -0.1) is 0 Å². The minimum atomic E-state index is -0.0331. The van der Waals surface area contributed by atoms with Gasteiger partial charge >= 0.3 is 0 Å². The number of hydrogen-bond donors (Lipinski definition) is 1. The molecule has 2 aromatic carbocycles. The Kier molecular flexibility index (Phi) is 4.49. The van der Waals surface area contributed by atoms with Gasteiger partial charge in [0.05, 0.1) is 29.1 Å². The summed E-state index contributed by atoms with van der Waals surface area (Å²) in [5.74, 6) is 1.22. The van der Waals surface area contributed by atoms with Crippen LogP contribution >= 0.6 is 0 Å². The molecule has 6 nitrogen and oxygen atoms in total. The molecule has 1 saturated carbocycles. The zero-order chi connectivity index (χ0) is 20.5. The summed E-state index contributed by atoms with van der Waals surface area (Å²) in [6.07, 6.45) is 5.66. The first-order chi connectivity index (χ1) is 14.7. The van der Waals surface area contributed by atoms with Gasteiger partial charge in [-0.05, 0) is 66.9 Å². The zero-order valence-electron chi connectivity index (χ0n) is 16.2. The van der Waals surface area contributed by atoms with Crippen LogP contribution in [0.5, 0.6) is 0 Å². The minimum Gasteiger partial charge on any atom is -0.356 e. The Bertz CT molecular complexity index is 1320. The maximum absolute atomic E-state index is 13.4. The lowest BCUT2D eigenvalue weighted by Crippen LogP contribution is -2.25. The molecule has 1 aliphatic rings. The van der Waals surface area contributed by atoms with Crippen LogP contribution < -0.4 is 10.9 Å². The molecule has 2 aromatic heterocycles. The Hall–Kier alpha value is -3.98. The standard InChI is InChI=1S/C24H19N5O/c25-13-16-3-7-19(8-4-16)27-20-9-10-22-21(12-20)24(30)29(23(28-22)18-5-6-18)15-17-2-1-11-26-14-17/h1-4,7-12,14,18,27H,5-6,15H2. The third-order valence-electron chi connectivity index (χ3n) is 5.29. The Morgan fingerprint density at radius 3 is 2.60 bits per heavy atom. The fourth-order valence-corrected chi connectivity index (χ4v) is 3.59. The molecule has 0 bridgehead atoms. The third kappa shape index (κ3) is 3.53. The SMILES string of the molecule is N#Cc1ccc(Nc2ccc3nc(C4CC4)n(Cc4cccnc4)c(=O)c3c2)cc1. The molecule has 0 spiro atoms. The van der Waals surface area contributed by atoms with Crippen molar-refractivity contribution in [2.24, 2.45) is 0 Å². The average molecular weight is 393 g/mol. The van der Waals surface area contributed by atoms with Crippen molar-refractivity contribution in [3.8, 4) is 6.07 Å². The van der Waals surface area contributed by atoms with Crippen LogP contribution in [0.25, 0.3) is 10.9 Å².